The standard InChI is InChI=1S/C19H28ClN5S/c20-18-12-17(7-6-16(18)13-22-23-19(21)26)25-10-8-24(9-11-25)14-15-4-2-1-3-5-15/h6-7,12-13,15H,1-5,8-11,14H2,(H3,21,23,26)/b22-13+. The van der Waals surface area contributed by atoms with E-state index in [1.54, 1.807) is 6.21 Å². The maximum Gasteiger partial charge on any atom is 0.184 e. The Morgan fingerprint density at radius 3 is 2.62 bits per heavy atom. The van der Waals surface area contributed by atoms with Crippen LogP contribution in [0.5, 0.6) is 0 Å². The molecule has 2 fully saturated rings. The predicted molar refractivity (Wildman–Crippen MR) is 114 cm³/mol. The van der Waals surface area contributed by atoms with Gasteiger partial charge in [-0.3, -0.25) is 10.3 Å². The van der Waals surface area contributed by atoms with Gasteiger partial charge in [-0.2, -0.15) is 5.10 Å². The minimum Gasteiger partial charge on any atom is -0.375 e. The van der Waals surface area contributed by atoms with Gasteiger partial charge in [0.15, 0.2) is 5.11 Å². The van der Waals surface area contributed by atoms with Gasteiger partial charge in [0.2, 0.25) is 0 Å². The number of anilines is 1. The smallest absolute Gasteiger partial charge is 0.184 e. The van der Waals surface area contributed by atoms with E-state index in [0.717, 1.165) is 37.7 Å². The number of hydrogen-bond donors (Lipinski definition) is 2. The van der Waals surface area contributed by atoms with E-state index in [1.165, 1.54) is 44.3 Å². The molecule has 1 aromatic rings. The molecule has 0 amide bonds. The minimum absolute atomic E-state index is 0.139. The Morgan fingerprint density at radius 2 is 1.96 bits per heavy atom. The SMILES string of the molecule is NC(=S)N/N=C/c1ccc(N2CCN(CC3CCCCC3)CC2)cc1Cl. The molecule has 0 radical (unpaired) electrons. The highest BCUT2D eigenvalue weighted by Crippen LogP contribution is 2.26. The van der Waals surface area contributed by atoms with Crippen molar-refractivity contribution in [2.45, 2.75) is 32.1 Å². The van der Waals surface area contributed by atoms with E-state index >= 15 is 0 Å². The monoisotopic (exact) mass is 393 g/mol. The zero-order chi connectivity index (χ0) is 18.4. The van der Waals surface area contributed by atoms with Crippen LogP contribution in [0, 0.1) is 5.92 Å². The van der Waals surface area contributed by atoms with Crippen molar-refractivity contribution in [2.75, 3.05) is 37.6 Å². The van der Waals surface area contributed by atoms with Crippen LogP contribution in [-0.2, 0) is 0 Å². The van der Waals surface area contributed by atoms with E-state index < -0.39 is 0 Å². The van der Waals surface area contributed by atoms with Crippen molar-refractivity contribution in [3.05, 3.63) is 28.8 Å². The van der Waals surface area contributed by atoms with Gasteiger partial charge < -0.3 is 10.6 Å². The molecule has 142 valence electrons. The van der Waals surface area contributed by atoms with Gasteiger partial charge in [0, 0.05) is 44.0 Å². The molecule has 1 aromatic carbocycles. The van der Waals surface area contributed by atoms with Crippen molar-refractivity contribution in [1.29, 1.82) is 0 Å². The fraction of sp³-hybridized carbons (Fsp3) is 0.579. The average Bonchev–Trinajstić information content (AvgIpc) is 2.64. The van der Waals surface area contributed by atoms with E-state index in [-0.39, 0.29) is 5.11 Å². The van der Waals surface area contributed by atoms with Gasteiger partial charge in [-0.1, -0.05) is 30.9 Å². The molecule has 0 spiro atoms. The fourth-order valence-corrected chi connectivity index (χ4v) is 4.18. The highest BCUT2D eigenvalue weighted by Gasteiger charge is 2.21. The fourth-order valence-electron chi connectivity index (χ4n) is 3.91. The number of halogens is 1. The highest BCUT2D eigenvalue weighted by molar-refractivity contribution is 7.80. The van der Waals surface area contributed by atoms with Gasteiger partial charge in [0.25, 0.3) is 0 Å². The number of rotatable bonds is 5. The van der Waals surface area contributed by atoms with Gasteiger partial charge in [0.1, 0.15) is 0 Å². The third-order valence-corrected chi connectivity index (χ3v) is 5.76. The molecule has 3 rings (SSSR count). The summed E-state index contributed by atoms with van der Waals surface area (Å²) in [6, 6.07) is 6.10. The molecule has 26 heavy (non-hydrogen) atoms. The number of nitrogens with one attached hydrogen (secondary N) is 1. The Bertz CT molecular complexity index is 637. The second kappa shape index (κ2) is 9.53. The molecular formula is C19H28ClN5S. The third-order valence-electron chi connectivity index (χ3n) is 5.34. The van der Waals surface area contributed by atoms with Crippen molar-refractivity contribution in [2.24, 2.45) is 16.8 Å². The van der Waals surface area contributed by atoms with Gasteiger partial charge >= 0.3 is 0 Å². The molecule has 0 unspecified atom stereocenters. The number of hydrogen-bond acceptors (Lipinski definition) is 4. The van der Waals surface area contributed by atoms with Crippen molar-refractivity contribution >= 4 is 40.8 Å². The van der Waals surface area contributed by atoms with Crippen LogP contribution < -0.4 is 16.1 Å². The molecule has 0 atom stereocenters. The molecule has 2 aliphatic rings. The Kier molecular flexibility index (Phi) is 7.11. The van der Waals surface area contributed by atoms with Crippen molar-refractivity contribution < 1.29 is 0 Å². The summed E-state index contributed by atoms with van der Waals surface area (Å²) in [7, 11) is 0. The van der Waals surface area contributed by atoms with Crippen LogP contribution in [0.1, 0.15) is 37.7 Å². The highest BCUT2D eigenvalue weighted by atomic mass is 35.5. The Labute approximate surface area is 166 Å². The number of hydrazone groups is 1. The van der Waals surface area contributed by atoms with Crippen molar-refractivity contribution in [1.82, 2.24) is 10.3 Å². The van der Waals surface area contributed by atoms with Crippen LogP contribution in [0.2, 0.25) is 5.02 Å². The number of nitrogens with two attached hydrogens (primary N) is 1. The molecule has 3 N–H and O–H groups in total. The van der Waals surface area contributed by atoms with Gasteiger partial charge in [-0.15, -0.1) is 0 Å². The first-order valence-corrected chi connectivity index (χ1v) is 10.3. The van der Waals surface area contributed by atoms with Crippen LogP contribution in [0.15, 0.2) is 23.3 Å². The topological polar surface area (TPSA) is 56.9 Å². The summed E-state index contributed by atoms with van der Waals surface area (Å²) in [6.07, 6.45) is 8.75. The van der Waals surface area contributed by atoms with Crippen LogP contribution >= 0.6 is 23.8 Å². The number of piperazine rings is 1. The first-order valence-electron chi connectivity index (χ1n) is 9.47. The van der Waals surface area contributed by atoms with Crippen LogP contribution in [0.4, 0.5) is 5.69 Å². The summed E-state index contributed by atoms with van der Waals surface area (Å²) in [5.74, 6) is 0.915. The van der Waals surface area contributed by atoms with Gasteiger partial charge in [-0.25, -0.2) is 0 Å². The van der Waals surface area contributed by atoms with E-state index in [1.807, 2.05) is 12.1 Å². The van der Waals surface area contributed by atoms with Crippen LogP contribution in [0.3, 0.4) is 0 Å². The number of benzene rings is 1. The summed E-state index contributed by atoms with van der Waals surface area (Å²) >= 11 is 11.1. The lowest BCUT2D eigenvalue weighted by molar-refractivity contribution is 0.192. The minimum atomic E-state index is 0.139. The number of thiocarbonyl (C=S) groups is 1. The second-order valence-electron chi connectivity index (χ2n) is 7.23. The third kappa shape index (κ3) is 5.56. The van der Waals surface area contributed by atoms with Crippen LogP contribution in [-0.4, -0.2) is 49.0 Å². The maximum absolute atomic E-state index is 6.40. The Hall–Kier alpha value is -1.37. The summed E-state index contributed by atoms with van der Waals surface area (Å²) in [4.78, 5) is 5.05. The summed E-state index contributed by atoms with van der Waals surface area (Å²) in [5.41, 5.74) is 9.91. The Morgan fingerprint density at radius 1 is 1.23 bits per heavy atom. The van der Waals surface area contributed by atoms with Gasteiger partial charge in [0.05, 0.1) is 11.2 Å². The summed E-state index contributed by atoms with van der Waals surface area (Å²) in [5, 5.41) is 4.78. The lowest BCUT2D eigenvalue weighted by atomic mass is 9.89. The molecule has 0 aromatic heterocycles. The van der Waals surface area contributed by atoms with Crippen molar-refractivity contribution in [3.63, 3.8) is 0 Å². The predicted octanol–water partition coefficient (Wildman–Crippen LogP) is 3.21. The molecule has 1 aliphatic heterocycles. The molecule has 7 heteroatoms. The molecular weight excluding hydrogens is 366 g/mol. The van der Waals surface area contributed by atoms with E-state index in [9.17, 15) is 0 Å². The first kappa shape index (κ1) is 19.4. The quantitative estimate of drug-likeness (QED) is 0.457. The average molecular weight is 394 g/mol. The zero-order valence-corrected chi connectivity index (χ0v) is 16.7. The van der Waals surface area contributed by atoms with E-state index in [4.69, 9.17) is 29.6 Å². The molecule has 1 aliphatic carbocycles. The second-order valence-corrected chi connectivity index (χ2v) is 8.08. The number of nitrogens with zero attached hydrogens (tertiary/aromatic N) is 3. The lowest BCUT2D eigenvalue weighted by Crippen LogP contribution is -2.48. The molecule has 1 saturated heterocycles. The molecule has 1 saturated carbocycles. The van der Waals surface area contributed by atoms with Gasteiger partial charge in [-0.05, 0) is 49.2 Å². The van der Waals surface area contributed by atoms with Crippen LogP contribution in [0.25, 0.3) is 0 Å². The molecule has 5 nitrogen and oxygen atoms in total. The first-order chi connectivity index (χ1) is 12.6. The summed E-state index contributed by atoms with van der Waals surface area (Å²) < 4.78 is 0. The summed E-state index contributed by atoms with van der Waals surface area (Å²) in [6.45, 7) is 5.66. The normalized spacial score (nSPS) is 19.8. The largest absolute Gasteiger partial charge is 0.375 e. The maximum atomic E-state index is 6.40. The van der Waals surface area contributed by atoms with E-state index in [0.29, 0.717) is 5.02 Å². The lowest BCUT2D eigenvalue weighted by Gasteiger charge is -2.38. The Balaban J connectivity index is 1.51. The van der Waals surface area contributed by atoms with E-state index in [2.05, 4.69) is 26.4 Å². The molecule has 0 bridgehead atoms. The van der Waals surface area contributed by atoms with Crippen molar-refractivity contribution in [3.8, 4) is 0 Å². The zero-order valence-electron chi connectivity index (χ0n) is 15.2. The molecule has 1 heterocycles.